The Hall–Kier alpha value is -0.540. The van der Waals surface area contributed by atoms with Crippen molar-refractivity contribution in [2.75, 3.05) is 18.4 Å². The maximum atomic E-state index is 6.85. The lowest BCUT2D eigenvalue weighted by Crippen LogP contribution is -2.04. The lowest BCUT2D eigenvalue weighted by molar-refractivity contribution is 0.997. The molecule has 0 aliphatic rings. The van der Waals surface area contributed by atoms with E-state index in [1.54, 1.807) is 11.3 Å². The highest BCUT2D eigenvalue weighted by Gasteiger charge is 1.86. The monoisotopic (exact) mass is 141 g/mol. The number of anilines is 1. The Balaban J connectivity index is 2.30. The predicted octanol–water partition coefficient (Wildman–Crippen LogP) is 1.44. The van der Waals surface area contributed by atoms with Gasteiger partial charge >= 0.3 is 0 Å². The van der Waals surface area contributed by atoms with Gasteiger partial charge in [0.15, 0.2) is 0 Å². The van der Waals surface area contributed by atoms with Crippen molar-refractivity contribution in [3.8, 4) is 0 Å². The van der Waals surface area contributed by atoms with E-state index in [9.17, 15) is 0 Å². The van der Waals surface area contributed by atoms with Crippen molar-refractivity contribution in [3.63, 3.8) is 0 Å². The van der Waals surface area contributed by atoms with E-state index in [0.717, 1.165) is 11.5 Å². The van der Waals surface area contributed by atoms with E-state index in [2.05, 4.69) is 5.32 Å². The van der Waals surface area contributed by atoms with Gasteiger partial charge < -0.3 is 5.32 Å². The molecule has 1 rings (SSSR count). The van der Waals surface area contributed by atoms with Gasteiger partial charge in [-0.05, 0) is 17.5 Å². The first-order chi connectivity index (χ1) is 4.43. The van der Waals surface area contributed by atoms with Crippen LogP contribution in [-0.2, 0) is 0 Å². The fourth-order valence-corrected chi connectivity index (χ4v) is 1.21. The van der Waals surface area contributed by atoms with Gasteiger partial charge in [0, 0.05) is 13.1 Å². The molecule has 0 atom stereocenters. The molecule has 0 saturated heterocycles. The van der Waals surface area contributed by atoms with Gasteiger partial charge in [0.05, 0.1) is 5.00 Å². The minimum absolute atomic E-state index is 0.442. The predicted molar refractivity (Wildman–Crippen MR) is 40.8 cm³/mol. The zero-order valence-electron chi connectivity index (χ0n) is 5.05. The first-order valence-electron chi connectivity index (χ1n) is 2.85. The Bertz CT molecular complexity index is 148. The molecule has 0 fully saturated rings. The first-order valence-corrected chi connectivity index (χ1v) is 3.73. The second kappa shape index (κ2) is 3.48. The molecule has 2 N–H and O–H groups in total. The van der Waals surface area contributed by atoms with Crippen LogP contribution in [0.2, 0.25) is 0 Å². The van der Waals surface area contributed by atoms with E-state index in [4.69, 9.17) is 5.73 Å². The molecule has 0 bridgehead atoms. The second-order valence-corrected chi connectivity index (χ2v) is 2.60. The van der Waals surface area contributed by atoms with Gasteiger partial charge in [-0.25, -0.2) is 0 Å². The summed E-state index contributed by atoms with van der Waals surface area (Å²) < 4.78 is 0. The summed E-state index contributed by atoms with van der Waals surface area (Å²) in [6, 6.07) is 4.01. The fraction of sp³-hybridized carbons (Fsp3) is 0.333. The average molecular weight is 141 g/mol. The van der Waals surface area contributed by atoms with Crippen molar-refractivity contribution in [1.29, 1.82) is 0 Å². The number of hydrogen-bond donors (Lipinski definition) is 1. The smallest absolute Gasteiger partial charge is 0.0882 e. The Morgan fingerprint density at radius 2 is 2.56 bits per heavy atom. The molecule has 9 heavy (non-hydrogen) atoms. The molecule has 49 valence electrons. The molecule has 2 nitrogen and oxygen atoms in total. The van der Waals surface area contributed by atoms with Crippen LogP contribution in [0.5, 0.6) is 0 Å². The van der Waals surface area contributed by atoms with Crippen LogP contribution in [0.15, 0.2) is 17.5 Å². The topological polar surface area (TPSA) is 35.8 Å². The van der Waals surface area contributed by atoms with Gasteiger partial charge in [0.1, 0.15) is 0 Å². The minimum atomic E-state index is 0.442. The zero-order chi connectivity index (χ0) is 6.53. The first kappa shape index (κ1) is 6.58. The van der Waals surface area contributed by atoms with E-state index in [1.165, 1.54) is 0 Å². The molecule has 3 heteroatoms. The molecular formula is C6H9N2S. The van der Waals surface area contributed by atoms with Gasteiger partial charge in [-0.2, -0.15) is 0 Å². The van der Waals surface area contributed by atoms with Crippen LogP contribution in [0.4, 0.5) is 5.00 Å². The molecule has 1 aromatic rings. The molecule has 1 aromatic heterocycles. The van der Waals surface area contributed by atoms with Gasteiger partial charge in [0.2, 0.25) is 0 Å². The summed E-state index contributed by atoms with van der Waals surface area (Å²) in [7, 11) is 0. The molecule has 0 aromatic carbocycles. The van der Waals surface area contributed by atoms with Crippen LogP contribution in [-0.4, -0.2) is 13.1 Å². The van der Waals surface area contributed by atoms with Crippen molar-refractivity contribution in [2.24, 2.45) is 0 Å². The third-order valence-electron chi connectivity index (χ3n) is 0.945. The molecule has 1 heterocycles. The summed E-state index contributed by atoms with van der Waals surface area (Å²) in [5, 5.41) is 6.28. The summed E-state index contributed by atoms with van der Waals surface area (Å²) in [4.78, 5) is 0. The summed E-state index contributed by atoms with van der Waals surface area (Å²) in [5.41, 5.74) is 6.85. The van der Waals surface area contributed by atoms with Crippen LogP contribution < -0.4 is 11.1 Å². The van der Waals surface area contributed by atoms with Crippen LogP contribution in [0, 0.1) is 0 Å². The lowest BCUT2D eigenvalue weighted by Gasteiger charge is -1.96. The van der Waals surface area contributed by atoms with E-state index >= 15 is 0 Å². The van der Waals surface area contributed by atoms with Crippen molar-refractivity contribution >= 4 is 16.3 Å². The van der Waals surface area contributed by atoms with Gasteiger partial charge in [0.25, 0.3) is 0 Å². The Labute approximate surface area is 58.7 Å². The van der Waals surface area contributed by atoms with Crippen LogP contribution >= 0.6 is 11.3 Å². The second-order valence-electron chi connectivity index (χ2n) is 1.65. The number of hydrogen-bond acceptors (Lipinski definition) is 2. The van der Waals surface area contributed by atoms with E-state index in [-0.39, 0.29) is 0 Å². The molecule has 0 spiro atoms. The molecule has 0 aliphatic carbocycles. The summed E-state index contributed by atoms with van der Waals surface area (Å²) in [6.45, 7) is 1.19. The highest BCUT2D eigenvalue weighted by atomic mass is 32.1. The molecule has 0 saturated carbocycles. The normalized spacial score (nSPS) is 9.44. The van der Waals surface area contributed by atoms with Crippen LogP contribution in [0.3, 0.4) is 0 Å². The molecular weight excluding hydrogens is 132 g/mol. The van der Waals surface area contributed by atoms with Gasteiger partial charge in [-0.3, -0.25) is 5.73 Å². The molecule has 0 aliphatic heterocycles. The standard InChI is InChI=1S/C6H9N2S/c7-3-4-8-6-2-1-5-9-6/h1-2,5,7-8H,3-4H2. The van der Waals surface area contributed by atoms with Crippen molar-refractivity contribution in [2.45, 2.75) is 0 Å². The summed E-state index contributed by atoms with van der Waals surface area (Å²) in [5.74, 6) is 0. The Morgan fingerprint density at radius 3 is 3.11 bits per heavy atom. The van der Waals surface area contributed by atoms with Crippen LogP contribution in [0.1, 0.15) is 0 Å². The molecule has 1 radical (unpaired) electrons. The third kappa shape index (κ3) is 2.03. The highest BCUT2D eigenvalue weighted by Crippen LogP contribution is 2.13. The number of thiophene rings is 1. The number of rotatable bonds is 3. The zero-order valence-corrected chi connectivity index (χ0v) is 5.87. The van der Waals surface area contributed by atoms with Gasteiger partial charge in [-0.15, -0.1) is 11.3 Å². The Morgan fingerprint density at radius 1 is 1.67 bits per heavy atom. The van der Waals surface area contributed by atoms with E-state index in [1.807, 2.05) is 17.5 Å². The largest absolute Gasteiger partial charge is 0.376 e. The number of nitrogens with one attached hydrogen (secondary N) is 2. The van der Waals surface area contributed by atoms with Gasteiger partial charge in [-0.1, -0.05) is 0 Å². The van der Waals surface area contributed by atoms with Crippen molar-refractivity contribution in [3.05, 3.63) is 17.5 Å². The quantitative estimate of drug-likeness (QED) is 0.679. The molecule has 0 amide bonds. The summed E-state index contributed by atoms with van der Waals surface area (Å²) in [6.07, 6.45) is 0. The van der Waals surface area contributed by atoms with Crippen molar-refractivity contribution in [1.82, 2.24) is 5.73 Å². The summed E-state index contributed by atoms with van der Waals surface area (Å²) >= 11 is 1.67. The van der Waals surface area contributed by atoms with E-state index in [0.29, 0.717) is 6.54 Å². The average Bonchev–Trinajstić information content (AvgIpc) is 2.34. The highest BCUT2D eigenvalue weighted by molar-refractivity contribution is 7.14. The van der Waals surface area contributed by atoms with Crippen LogP contribution in [0.25, 0.3) is 0 Å². The lowest BCUT2D eigenvalue weighted by atomic mass is 10.6. The SMILES string of the molecule is [NH]CCNc1cccs1. The maximum Gasteiger partial charge on any atom is 0.0882 e. The van der Waals surface area contributed by atoms with Crippen molar-refractivity contribution < 1.29 is 0 Å². The van der Waals surface area contributed by atoms with E-state index < -0.39 is 0 Å². The maximum absolute atomic E-state index is 6.85. The fourth-order valence-electron chi connectivity index (χ4n) is 0.565. The third-order valence-corrected chi connectivity index (χ3v) is 1.77. The molecule has 0 unspecified atom stereocenters. The minimum Gasteiger partial charge on any atom is -0.376 e. The Kier molecular flexibility index (Phi) is 2.54.